The van der Waals surface area contributed by atoms with Crippen LogP contribution in [0.2, 0.25) is 0 Å². The van der Waals surface area contributed by atoms with Crippen LogP contribution >= 0.6 is 0 Å². The second kappa shape index (κ2) is 7.54. The molecule has 2 fully saturated rings. The Morgan fingerprint density at radius 3 is 2.38 bits per heavy atom. The van der Waals surface area contributed by atoms with Gasteiger partial charge in [0.15, 0.2) is 0 Å². The molecule has 0 N–H and O–H groups in total. The SMILES string of the molecule is CCCC(C#N)N1CCN(S(=O)(=O)C2CCOCC2)CC1. The van der Waals surface area contributed by atoms with Gasteiger partial charge in [0.25, 0.3) is 0 Å². The molecule has 1 unspecified atom stereocenters. The van der Waals surface area contributed by atoms with Crippen LogP contribution in [0.25, 0.3) is 0 Å². The Bertz CT molecular complexity index is 460. The number of hydrogen-bond donors (Lipinski definition) is 0. The van der Waals surface area contributed by atoms with E-state index in [4.69, 9.17) is 4.74 Å². The Hall–Kier alpha value is -0.680. The van der Waals surface area contributed by atoms with Crippen molar-refractivity contribution in [3.63, 3.8) is 0 Å². The second-order valence-corrected chi connectivity index (χ2v) is 7.94. The highest BCUT2D eigenvalue weighted by atomic mass is 32.2. The Morgan fingerprint density at radius 1 is 1.24 bits per heavy atom. The largest absolute Gasteiger partial charge is 0.381 e. The molecule has 120 valence electrons. The fraction of sp³-hybridized carbons (Fsp3) is 0.929. The molecule has 0 spiro atoms. The molecule has 0 amide bonds. The molecule has 0 bridgehead atoms. The normalized spacial score (nSPS) is 24.6. The Balaban J connectivity index is 1.92. The fourth-order valence-electron chi connectivity index (χ4n) is 3.06. The van der Waals surface area contributed by atoms with E-state index < -0.39 is 10.0 Å². The highest BCUT2D eigenvalue weighted by Gasteiger charge is 2.36. The molecule has 1 atom stereocenters. The maximum atomic E-state index is 12.6. The lowest BCUT2D eigenvalue weighted by Crippen LogP contribution is -2.53. The third-order valence-corrected chi connectivity index (χ3v) is 6.77. The molecular formula is C14H25N3O3S. The van der Waals surface area contributed by atoms with E-state index in [2.05, 4.69) is 17.9 Å². The zero-order valence-corrected chi connectivity index (χ0v) is 13.5. The first-order chi connectivity index (χ1) is 10.1. The summed E-state index contributed by atoms with van der Waals surface area (Å²) < 4.78 is 32.1. The summed E-state index contributed by atoms with van der Waals surface area (Å²) >= 11 is 0. The molecule has 2 aliphatic rings. The van der Waals surface area contributed by atoms with Crippen molar-refractivity contribution in [2.75, 3.05) is 39.4 Å². The van der Waals surface area contributed by atoms with E-state index in [-0.39, 0.29) is 11.3 Å². The van der Waals surface area contributed by atoms with Crippen molar-refractivity contribution in [1.29, 1.82) is 5.26 Å². The van der Waals surface area contributed by atoms with Gasteiger partial charge in [0, 0.05) is 39.4 Å². The molecule has 2 heterocycles. The van der Waals surface area contributed by atoms with Gasteiger partial charge in [-0.25, -0.2) is 8.42 Å². The van der Waals surface area contributed by atoms with Gasteiger partial charge in [-0.1, -0.05) is 13.3 Å². The quantitative estimate of drug-likeness (QED) is 0.750. The van der Waals surface area contributed by atoms with E-state index in [9.17, 15) is 13.7 Å². The smallest absolute Gasteiger partial charge is 0.217 e. The van der Waals surface area contributed by atoms with Crippen LogP contribution in [0.3, 0.4) is 0 Å². The van der Waals surface area contributed by atoms with E-state index in [0.29, 0.717) is 52.2 Å². The average Bonchev–Trinajstić information content (AvgIpc) is 2.53. The first kappa shape index (κ1) is 16.7. The lowest BCUT2D eigenvalue weighted by atomic mass is 10.1. The number of rotatable bonds is 5. The summed E-state index contributed by atoms with van der Waals surface area (Å²) in [5.74, 6) is 0. The van der Waals surface area contributed by atoms with Gasteiger partial charge in [0.05, 0.1) is 17.4 Å². The third kappa shape index (κ3) is 3.95. The van der Waals surface area contributed by atoms with E-state index in [1.165, 1.54) is 0 Å². The number of piperazine rings is 1. The van der Waals surface area contributed by atoms with Crippen LogP contribution in [0.1, 0.15) is 32.6 Å². The van der Waals surface area contributed by atoms with Crippen molar-refractivity contribution >= 4 is 10.0 Å². The van der Waals surface area contributed by atoms with Gasteiger partial charge < -0.3 is 4.74 Å². The Labute approximate surface area is 127 Å². The average molecular weight is 315 g/mol. The summed E-state index contributed by atoms with van der Waals surface area (Å²) in [4.78, 5) is 2.11. The Morgan fingerprint density at radius 2 is 1.86 bits per heavy atom. The number of nitrogens with zero attached hydrogens (tertiary/aromatic N) is 3. The van der Waals surface area contributed by atoms with Crippen LogP contribution in [0.5, 0.6) is 0 Å². The van der Waals surface area contributed by atoms with Gasteiger partial charge in [-0.15, -0.1) is 0 Å². The molecular weight excluding hydrogens is 290 g/mol. The Kier molecular flexibility index (Phi) is 5.99. The molecule has 0 saturated carbocycles. The first-order valence-corrected chi connectivity index (χ1v) is 9.30. The molecule has 0 aromatic rings. The maximum absolute atomic E-state index is 12.6. The third-order valence-electron chi connectivity index (χ3n) is 4.37. The van der Waals surface area contributed by atoms with Gasteiger partial charge >= 0.3 is 0 Å². The van der Waals surface area contributed by atoms with Crippen molar-refractivity contribution in [2.24, 2.45) is 0 Å². The summed E-state index contributed by atoms with van der Waals surface area (Å²) in [6.45, 7) is 5.45. The number of sulfonamides is 1. The predicted molar refractivity (Wildman–Crippen MR) is 80.2 cm³/mol. The number of nitriles is 1. The van der Waals surface area contributed by atoms with Crippen molar-refractivity contribution in [3.8, 4) is 6.07 Å². The highest BCUT2D eigenvalue weighted by Crippen LogP contribution is 2.21. The van der Waals surface area contributed by atoms with E-state index in [0.717, 1.165) is 12.8 Å². The van der Waals surface area contributed by atoms with Crippen LogP contribution in [0, 0.1) is 11.3 Å². The van der Waals surface area contributed by atoms with Gasteiger partial charge in [-0.3, -0.25) is 4.90 Å². The zero-order chi connectivity index (χ0) is 15.3. The van der Waals surface area contributed by atoms with Crippen molar-refractivity contribution in [3.05, 3.63) is 0 Å². The summed E-state index contributed by atoms with van der Waals surface area (Å²) in [5.41, 5.74) is 0. The lowest BCUT2D eigenvalue weighted by molar-refractivity contribution is 0.0958. The minimum absolute atomic E-state index is 0.0806. The second-order valence-electron chi connectivity index (χ2n) is 5.73. The number of ether oxygens (including phenoxy) is 1. The van der Waals surface area contributed by atoms with Crippen LogP contribution in [-0.4, -0.2) is 68.3 Å². The highest BCUT2D eigenvalue weighted by molar-refractivity contribution is 7.89. The van der Waals surface area contributed by atoms with Crippen LogP contribution < -0.4 is 0 Å². The summed E-state index contributed by atoms with van der Waals surface area (Å²) in [6, 6.07) is 2.25. The molecule has 6 nitrogen and oxygen atoms in total. The molecule has 0 aromatic carbocycles. The standard InChI is InChI=1S/C14H25N3O3S/c1-2-3-13(12-15)16-6-8-17(9-7-16)21(18,19)14-4-10-20-11-5-14/h13-14H,2-11H2,1H3. The maximum Gasteiger partial charge on any atom is 0.217 e. The predicted octanol–water partition coefficient (Wildman–Crippen LogP) is 0.805. The van der Waals surface area contributed by atoms with Gasteiger partial charge in [-0.2, -0.15) is 9.57 Å². The minimum Gasteiger partial charge on any atom is -0.381 e. The molecule has 0 aromatic heterocycles. The van der Waals surface area contributed by atoms with Crippen LogP contribution in [-0.2, 0) is 14.8 Å². The first-order valence-electron chi connectivity index (χ1n) is 7.80. The van der Waals surface area contributed by atoms with Crippen molar-refractivity contribution in [2.45, 2.75) is 43.9 Å². The van der Waals surface area contributed by atoms with Gasteiger partial charge in [-0.05, 0) is 19.3 Å². The molecule has 2 rings (SSSR count). The minimum atomic E-state index is -3.21. The van der Waals surface area contributed by atoms with Gasteiger partial charge in [0.1, 0.15) is 0 Å². The van der Waals surface area contributed by atoms with Crippen molar-refractivity contribution in [1.82, 2.24) is 9.21 Å². The summed E-state index contributed by atoms with van der Waals surface area (Å²) in [5, 5.41) is 8.91. The molecule has 0 aliphatic carbocycles. The molecule has 7 heteroatoms. The van der Waals surface area contributed by atoms with E-state index >= 15 is 0 Å². The number of hydrogen-bond acceptors (Lipinski definition) is 5. The molecule has 21 heavy (non-hydrogen) atoms. The summed E-state index contributed by atoms with van der Waals surface area (Å²) in [7, 11) is -3.21. The molecule has 0 radical (unpaired) electrons. The van der Waals surface area contributed by atoms with Crippen LogP contribution in [0.15, 0.2) is 0 Å². The summed E-state index contributed by atoms with van der Waals surface area (Å²) in [6.07, 6.45) is 3.01. The molecule has 2 saturated heterocycles. The van der Waals surface area contributed by atoms with Gasteiger partial charge in [0.2, 0.25) is 10.0 Å². The zero-order valence-electron chi connectivity index (χ0n) is 12.7. The lowest BCUT2D eigenvalue weighted by Gasteiger charge is -2.38. The monoisotopic (exact) mass is 315 g/mol. The molecule has 2 aliphatic heterocycles. The topological polar surface area (TPSA) is 73.6 Å². The van der Waals surface area contributed by atoms with Crippen LogP contribution in [0.4, 0.5) is 0 Å². The van der Waals surface area contributed by atoms with E-state index in [1.807, 2.05) is 0 Å². The van der Waals surface area contributed by atoms with Crippen molar-refractivity contribution < 1.29 is 13.2 Å². The van der Waals surface area contributed by atoms with E-state index in [1.54, 1.807) is 4.31 Å². The fourth-order valence-corrected chi connectivity index (χ4v) is 4.94.